The van der Waals surface area contributed by atoms with Gasteiger partial charge in [-0.3, -0.25) is 4.40 Å². The van der Waals surface area contributed by atoms with Crippen LogP contribution in [0.3, 0.4) is 0 Å². The lowest BCUT2D eigenvalue weighted by molar-refractivity contribution is 0.229. The molecule has 4 aromatic rings. The van der Waals surface area contributed by atoms with Gasteiger partial charge in [-0.15, -0.1) is 0 Å². The highest BCUT2D eigenvalue weighted by molar-refractivity contribution is 7.23. The van der Waals surface area contributed by atoms with E-state index in [1.165, 1.54) is 49.0 Å². The van der Waals surface area contributed by atoms with Gasteiger partial charge in [-0.2, -0.15) is 0 Å². The molecule has 0 unspecified atom stereocenters. The van der Waals surface area contributed by atoms with Crippen molar-refractivity contribution in [2.75, 3.05) is 26.2 Å². The number of nitrogens with zero attached hydrogens (tertiary/aromatic N) is 3. The van der Waals surface area contributed by atoms with Gasteiger partial charge in [-0.25, -0.2) is 4.98 Å². The second-order valence-corrected chi connectivity index (χ2v) is 9.12. The van der Waals surface area contributed by atoms with Crippen LogP contribution >= 0.6 is 11.3 Å². The second-order valence-electron chi connectivity index (χ2n) is 8.11. The summed E-state index contributed by atoms with van der Waals surface area (Å²) in [7, 11) is 0. The summed E-state index contributed by atoms with van der Waals surface area (Å²) in [6, 6.07) is 16.9. The Bertz CT molecular complexity index is 1080. The molecule has 4 nitrogen and oxygen atoms in total. The standard InChI is InChI=1S/C26H33N3OS/c1-3-5-16-28(17-6-4-2)18-9-19-30-22-14-12-21(13-15-22)24-20-27-26-29(24)23-10-7-8-11-25(23)31-26/h7-8,10-15,20H,3-6,9,16-19H2,1-2H3. The normalized spacial score (nSPS) is 11.7. The van der Waals surface area contributed by atoms with Crippen LogP contribution in [-0.4, -0.2) is 40.5 Å². The predicted molar refractivity (Wildman–Crippen MR) is 132 cm³/mol. The van der Waals surface area contributed by atoms with Crippen LogP contribution in [0, 0.1) is 0 Å². The number of thiazole rings is 1. The van der Waals surface area contributed by atoms with Crippen LogP contribution in [-0.2, 0) is 0 Å². The minimum absolute atomic E-state index is 0.764. The molecule has 2 heterocycles. The Morgan fingerprint density at radius 1 is 0.903 bits per heavy atom. The first-order valence-electron chi connectivity index (χ1n) is 11.6. The van der Waals surface area contributed by atoms with Crippen molar-refractivity contribution >= 4 is 26.5 Å². The lowest BCUT2D eigenvalue weighted by Gasteiger charge is -2.21. The topological polar surface area (TPSA) is 29.8 Å². The Morgan fingerprint density at radius 3 is 2.35 bits per heavy atom. The van der Waals surface area contributed by atoms with Gasteiger partial charge in [-0.1, -0.05) is 50.2 Å². The van der Waals surface area contributed by atoms with Crippen molar-refractivity contribution in [3.05, 3.63) is 54.7 Å². The fraction of sp³-hybridized carbons (Fsp3) is 0.423. The Morgan fingerprint density at radius 2 is 1.61 bits per heavy atom. The minimum atomic E-state index is 0.764. The molecule has 31 heavy (non-hydrogen) atoms. The van der Waals surface area contributed by atoms with Crippen molar-refractivity contribution in [2.45, 2.75) is 46.0 Å². The third kappa shape index (κ3) is 5.28. The van der Waals surface area contributed by atoms with E-state index in [-0.39, 0.29) is 0 Å². The molecule has 4 rings (SSSR count). The molecule has 5 heteroatoms. The lowest BCUT2D eigenvalue weighted by Crippen LogP contribution is -2.28. The number of hydrogen-bond donors (Lipinski definition) is 0. The molecule has 2 aromatic carbocycles. The smallest absolute Gasteiger partial charge is 0.195 e. The molecule has 0 N–H and O–H groups in total. The van der Waals surface area contributed by atoms with Crippen LogP contribution < -0.4 is 4.74 Å². The van der Waals surface area contributed by atoms with Gasteiger partial charge >= 0.3 is 0 Å². The third-order valence-electron chi connectivity index (χ3n) is 5.73. The molecule has 0 aliphatic carbocycles. The highest BCUT2D eigenvalue weighted by Gasteiger charge is 2.12. The molecule has 0 atom stereocenters. The monoisotopic (exact) mass is 435 g/mol. The van der Waals surface area contributed by atoms with E-state index in [0.717, 1.165) is 41.5 Å². The molecule has 0 aliphatic rings. The first-order chi connectivity index (χ1) is 15.3. The number of fused-ring (bicyclic) bond motifs is 3. The van der Waals surface area contributed by atoms with Gasteiger partial charge in [0.2, 0.25) is 0 Å². The molecule has 0 spiro atoms. The number of rotatable bonds is 12. The molecule has 0 amide bonds. The summed E-state index contributed by atoms with van der Waals surface area (Å²) in [6.07, 6.45) is 8.13. The quantitative estimate of drug-likeness (QED) is 0.227. The van der Waals surface area contributed by atoms with Crippen LogP contribution in [0.2, 0.25) is 0 Å². The van der Waals surface area contributed by atoms with Crippen molar-refractivity contribution in [2.24, 2.45) is 0 Å². The SMILES string of the molecule is CCCCN(CCCC)CCCOc1ccc(-c2cnc3sc4ccccc4n23)cc1. The number of ether oxygens (including phenoxy) is 1. The summed E-state index contributed by atoms with van der Waals surface area (Å²) in [4.78, 5) is 8.25. The molecular formula is C26H33N3OS. The van der Waals surface area contributed by atoms with Crippen molar-refractivity contribution in [3.63, 3.8) is 0 Å². The first kappa shape index (κ1) is 21.8. The molecule has 0 saturated heterocycles. The summed E-state index contributed by atoms with van der Waals surface area (Å²) >= 11 is 1.73. The Labute approximate surface area is 189 Å². The van der Waals surface area contributed by atoms with Crippen LogP contribution in [0.25, 0.3) is 26.4 Å². The molecule has 164 valence electrons. The van der Waals surface area contributed by atoms with E-state index >= 15 is 0 Å². The fourth-order valence-corrected chi connectivity index (χ4v) is 4.97. The van der Waals surface area contributed by atoms with Crippen molar-refractivity contribution < 1.29 is 4.74 Å². The highest BCUT2D eigenvalue weighted by atomic mass is 32.1. The Kier molecular flexibility index (Phi) is 7.60. The minimum Gasteiger partial charge on any atom is -0.494 e. The van der Waals surface area contributed by atoms with Gasteiger partial charge in [-0.05, 0) is 68.8 Å². The van der Waals surface area contributed by atoms with E-state index in [9.17, 15) is 0 Å². The maximum atomic E-state index is 6.03. The number of unbranched alkanes of at least 4 members (excludes halogenated alkanes) is 2. The zero-order chi connectivity index (χ0) is 21.5. The van der Waals surface area contributed by atoms with E-state index in [1.807, 2.05) is 6.20 Å². The van der Waals surface area contributed by atoms with Gasteiger partial charge in [0.05, 0.1) is 28.7 Å². The van der Waals surface area contributed by atoms with Crippen molar-refractivity contribution in [3.8, 4) is 17.0 Å². The number of imidazole rings is 1. The van der Waals surface area contributed by atoms with Crippen molar-refractivity contribution in [1.29, 1.82) is 0 Å². The third-order valence-corrected chi connectivity index (χ3v) is 6.77. The van der Waals surface area contributed by atoms with Gasteiger partial charge < -0.3 is 9.64 Å². The first-order valence-corrected chi connectivity index (χ1v) is 12.4. The molecule has 0 saturated carbocycles. The number of para-hydroxylation sites is 1. The van der Waals surface area contributed by atoms with Gasteiger partial charge in [0.15, 0.2) is 4.96 Å². The van der Waals surface area contributed by atoms with E-state index in [0.29, 0.717) is 0 Å². The van der Waals surface area contributed by atoms with E-state index < -0.39 is 0 Å². The summed E-state index contributed by atoms with van der Waals surface area (Å²) in [6.45, 7) is 8.84. The van der Waals surface area contributed by atoms with Gasteiger partial charge in [0.25, 0.3) is 0 Å². The van der Waals surface area contributed by atoms with E-state index in [4.69, 9.17) is 4.74 Å². The zero-order valence-corrected chi connectivity index (χ0v) is 19.5. The fourth-order valence-electron chi connectivity index (χ4n) is 3.97. The van der Waals surface area contributed by atoms with Crippen molar-refractivity contribution in [1.82, 2.24) is 14.3 Å². The molecule has 2 aromatic heterocycles. The lowest BCUT2D eigenvalue weighted by atomic mass is 10.1. The maximum absolute atomic E-state index is 6.03. The summed E-state index contributed by atoms with van der Waals surface area (Å²) < 4.78 is 9.54. The van der Waals surface area contributed by atoms with Gasteiger partial charge in [0, 0.05) is 12.1 Å². The van der Waals surface area contributed by atoms with Crippen LogP contribution in [0.1, 0.15) is 46.0 Å². The maximum Gasteiger partial charge on any atom is 0.195 e. The average Bonchev–Trinajstić information content (AvgIpc) is 3.38. The number of hydrogen-bond acceptors (Lipinski definition) is 4. The summed E-state index contributed by atoms with van der Waals surface area (Å²) in [5.41, 5.74) is 3.50. The molecule has 0 fully saturated rings. The highest BCUT2D eigenvalue weighted by Crippen LogP contribution is 2.31. The second kappa shape index (κ2) is 10.8. The van der Waals surface area contributed by atoms with E-state index in [1.54, 1.807) is 11.3 Å². The number of aromatic nitrogens is 2. The predicted octanol–water partition coefficient (Wildman–Crippen LogP) is 6.89. The molecular weight excluding hydrogens is 402 g/mol. The van der Waals surface area contributed by atoms with Crippen LogP contribution in [0.15, 0.2) is 54.7 Å². The average molecular weight is 436 g/mol. The van der Waals surface area contributed by atoms with Crippen LogP contribution in [0.5, 0.6) is 5.75 Å². The van der Waals surface area contributed by atoms with E-state index in [2.05, 4.69) is 76.7 Å². The Balaban J connectivity index is 1.35. The van der Waals surface area contributed by atoms with Crippen LogP contribution in [0.4, 0.5) is 0 Å². The summed E-state index contributed by atoms with van der Waals surface area (Å²) in [5, 5.41) is 0. The molecule has 0 aliphatic heterocycles. The largest absolute Gasteiger partial charge is 0.494 e. The summed E-state index contributed by atoms with van der Waals surface area (Å²) in [5.74, 6) is 0.938. The van der Waals surface area contributed by atoms with Gasteiger partial charge in [0.1, 0.15) is 5.75 Å². The Hall–Kier alpha value is -2.37. The number of benzene rings is 2. The molecule has 0 radical (unpaired) electrons. The molecule has 0 bridgehead atoms. The zero-order valence-electron chi connectivity index (χ0n) is 18.7.